The highest BCUT2D eigenvalue weighted by molar-refractivity contribution is 7.93. The Balaban J connectivity index is 1.73. The molecule has 0 saturated heterocycles. The molecule has 0 atom stereocenters. The Morgan fingerprint density at radius 3 is 2.42 bits per heavy atom. The zero-order valence-corrected chi connectivity index (χ0v) is 15.2. The van der Waals surface area contributed by atoms with Crippen molar-refractivity contribution >= 4 is 32.5 Å². The molecule has 134 valence electrons. The maximum absolute atomic E-state index is 12.5. The van der Waals surface area contributed by atoms with Crippen LogP contribution in [0.15, 0.2) is 64.9 Å². The molecule has 0 saturated carbocycles. The van der Waals surface area contributed by atoms with Crippen molar-refractivity contribution in [3.8, 4) is 11.3 Å². The Morgan fingerprint density at radius 1 is 1.08 bits per heavy atom. The number of aromatic nitrogens is 1. The third kappa shape index (κ3) is 4.47. The van der Waals surface area contributed by atoms with Crippen molar-refractivity contribution < 1.29 is 18.3 Å². The van der Waals surface area contributed by atoms with Gasteiger partial charge in [-0.3, -0.25) is 4.72 Å². The standard InChI is InChI=1S/C18H16N2O4S2/c21-17(22)11-8-13-6-9-15(10-7-13)26(23,24)20-18-19-16(12-25-18)14-4-2-1-3-5-14/h1-7,9-10,12H,8,11H2,(H,19,20)(H,21,22)/p-1. The van der Waals surface area contributed by atoms with Crippen LogP contribution in [0.4, 0.5) is 5.13 Å². The average molecular weight is 387 g/mol. The van der Waals surface area contributed by atoms with Crippen LogP contribution in [-0.2, 0) is 21.2 Å². The largest absolute Gasteiger partial charge is 0.550 e. The zero-order valence-electron chi connectivity index (χ0n) is 13.6. The lowest BCUT2D eigenvalue weighted by molar-refractivity contribution is -0.305. The zero-order chi connectivity index (χ0) is 18.6. The van der Waals surface area contributed by atoms with Crippen molar-refractivity contribution in [1.82, 2.24) is 4.98 Å². The van der Waals surface area contributed by atoms with E-state index in [2.05, 4.69) is 9.71 Å². The SMILES string of the molecule is O=C([O-])CCc1ccc(S(=O)(=O)Nc2nc(-c3ccccc3)cs2)cc1. The van der Waals surface area contributed by atoms with E-state index < -0.39 is 16.0 Å². The molecule has 1 N–H and O–H groups in total. The molecule has 3 aromatic rings. The third-order valence-electron chi connectivity index (χ3n) is 3.65. The Morgan fingerprint density at radius 2 is 1.77 bits per heavy atom. The molecule has 0 aliphatic carbocycles. The van der Waals surface area contributed by atoms with Crippen molar-refractivity contribution in [3.63, 3.8) is 0 Å². The molecule has 2 aromatic carbocycles. The lowest BCUT2D eigenvalue weighted by Gasteiger charge is -2.07. The normalized spacial score (nSPS) is 11.2. The number of anilines is 1. The van der Waals surface area contributed by atoms with E-state index in [1.165, 1.54) is 23.5 Å². The van der Waals surface area contributed by atoms with Gasteiger partial charge in [0.2, 0.25) is 0 Å². The molecular weight excluding hydrogens is 372 g/mol. The summed E-state index contributed by atoms with van der Waals surface area (Å²) in [4.78, 5) is 14.9. The Hall–Kier alpha value is -2.71. The van der Waals surface area contributed by atoms with Crippen molar-refractivity contribution in [2.75, 3.05) is 4.72 Å². The van der Waals surface area contributed by atoms with E-state index in [4.69, 9.17) is 0 Å². The predicted octanol–water partition coefficient (Wildman–Crippen LogP) is 2.29. The minimum absolute atomic E-state index is 0.0890. The van der Waals surface area contributed by atoms with Gasteiger partial charge in [-0.05, 0) is 30.5 Å². The lowest BCUT2D eigenvalue weighted by Crippen LogP contribution is -2.22. The van der Waals surface area contributed by atoms with E-state index in [1.807, 2.05) is 30.3 Å². The highest BCUT2D eigenvalue weighted by Crippen LogP contribution is 2.26. The van der Waals surface area contributed by atoms with Gasteiger partial charge in [0.15, 0.2) is 5.13 Å². The molecule has 0 amide bonds. The number of hydrogen-bond acceptors (Lipinski definition) is 6. The number of nitrogens with one attached hydrogen (secondary N) is 1. The quantitative estimate of drug-likeness (QED) is 0.671. The average Bonchev–Trinajstić information content (AvgIpc) is 3.09. The number of aryl methyl sites for hydroxylation is 1. The topological polar surface area (TPSA) is 99.2 Å². The van der Waals surface area contributed by atoms with E-state index in [-0.39, 0.29) is 16.4 Å². The van der Waals surface area contributed by atoms with E-state index in [0.717, 1.165) is 11.1 Å². The monoisotopic (exact) mass is 387 g/mol. The van der Waals surface area contributed by atoms with Gasteiger partial charge in [-0.15, -0.1) is 11.3 Å². The molecule has 1 aromatic heterocycles. The summed E-state index contributed by atoms with van der Waals surface area (Å²) in [5.74, 6) is -1.14. The first-order chi connectivity index (χ1) is 12.4. The van der Waals surface area contributed by atoms with E-state index in [0.29, 0.717) is 12.1 Å². The van der Waals surface area contributed by atoms with Crippen LogP contribution in [-0.4, -0.2) is 19.4 Å². The second-order valence-corrected chi connectivity index (χ2v) is 8.07. The van der Waals surface area contributed by atoms with Crippen LogP contribution in [0.5, 0.6) is 0 Å². The molecule has 8 heteroatoms. The number of carbonyl (C=O) groups is 1. The van der Waals surface area contributed by atoms with Crippen LogP contribution in [0.1, 0.15) is 12.0 Å². The van der Waals surface area contributed by atoms with Gasteiger partial charge < -0.3 is 9.90 Å². The summed E-state index contributed by atoms with van der Waals surface area (Å²) in [6, 6.07) is 15.6. The van der Waals surface area contributed by atoms with Crippen LogP contribution in [0, 0.1) is 0 Å². The molecule has 1 heterocycles. The van der Waals surface area contributed by atoms with Crippen molar-refractivity contribution in [2.24, 2.45) is 0 Å². The van der Waals surface area contributed by atoms with Gasteiger partial charge in [-0.1, -0.05) is 42.5 Å². The molecule has 0 fully saturated rings. The van der Waals surface area contributed by atoms with Crippen LogP contribution in [0.3, 0.4) is 0 Å². The Kier molecular flexibility index (Phi) is 5.34. The van der Waals surface area contributed by atoms with Crippen LogP contribution >= 0.6 is 11.3 Å². The Bertz CT molecular complexity index is 997. The highest BCUT2D eigenvalue weighted by Gasteiger charge is 2.16. The fourth-order valence-electron chi connectivity index (χ4n) is 2.32. The molecule has 0 aliphatic rings. The van der Waals surface area contributed by atoms with Gasteiger partial charge in [0.05, 0.1) is 10.6 Å². The number of benzene rings is 2. The highest BCUT2D eigenvalue weighted by atomic mass is 32.2. The van der Waals surface area contributed by atoms with E-state index in [1.54, 1.807) is 17.5 Å². The van der Waals surface area contributed by atoms with Crippen LogP contribution in [0.25, 0.3) is 11.3 Å². The summed E-state index contributed by atoms with van der Waals surface area (Å²) in [7, 11) is -3.76. The fraction of sp³-hybridized carbons (Fsp3) is 0.111. The van der Waals surface area contributed by atoms with E-state index >= 15 is 0 Å². The molecular formula is C18H15N2O4S2-. The minimum Gasteiger partial charge on any atom is -0.550 e. The second-order valence-electron chi connectivity index (χ2n) is 5.53. The number of carbonyl (C=O) groups excluding carboxylic acids is 1. The number of sulfonamides is 1. The van der Waals surface area contributed by atoms with Crippen molar-refractivity contribution in [1.29, 1.82) is 0 Å². The van der Waals surface area contributed by atoms with Gasteiger partial charge in [0, 0.05) is 16.9 Å². The first-order valence-corrected chi connectivity index (χ1v) is 10.1. The number of nitrogens with zero attached hydrogens (tertiary/aromatic N) is 1. The Labute approximate surface area is 155 Å². The summed E-state index contributed by atoms with van der Waals surface area (Å²) < 4.78 is 27.4. The summed E-state index contributed by atoms with van der Waals surface area (Å²) in [6.07, 6.45) is 0.189. The van der Waals surface area contributed by atoms with Gasteiger partial charge >= 0.3 is 0 Å². The van der Waals surface area contributed by atoms with Crippen LogP contribution in [0.2, 0.25) is 0 Å². The molecule has 3 rings (SSSR count). The van der Waals surface area contributed by atoms with Gasteiger partial charge in [-0.25, -0.2) is 13.4 Å². The second kappa shape index (κ2) is 7.67. The smallest absolute Gasteiger partial charge is 0.263 e. The lowest BCUT2D eigenvalue weighted by atomic mass is 10.1. The molecule has 0 aliphatic heterocycles. The summed E-state index contributed by atoms with van der Waals surface area (Å²) in [5.41, 5.74) is 2.34. The molecule has 26 heavy (non-hydrogen) atoms. The third-order valence-corrected chi connectivity index (χ3v) is 5.89. The number of thiazole rings is 1. The summed E-state index contributed by atoms with van der Waals surface area (Å²) in [5, 5.41) is 12.6. The molecule has 0 spiro atoms. The number of rotatable bonds is 7. The number of carboxylic acid groups (broad SMARTS) is 1. The molecule has 6 nitrogen and oxygen atoms in total. The number of carboxylic acids is 1. The summed E-state index contributed by atoms with van der Waals surface area (Å²) >= 11 is 1.21. The van der Waals surface area contributed by atoms with Gasteiger partial charge in [0.1, 0.15) is 0 Å². The molecule has 0 bridgehead atoms. The maximum atomic E-state index is 12.5. The first-order valence-electron chi connectivity index (χ1n) is 7.76. The predicted molar refractivity (Wildman–Crippen MR) is 98.1 cm³/mol. The maximum Gasteiger partial charge on any atom is 0.263 e. The molecule has 0 radical (unpaired) electrons. The molecule has 0 unspecified atom stereocenters. The summed E-state index contributed by atoms with van der Waals surface area (Å²) in [6.45, 7) is 0. The minimum atomic E-state index is -3.76. The van der Waals surface area contributed by atoms with Crippen molar-refractivity contribution in [3.05, 3.63) is 65.5 Å². The van der Waals surface area contributed by atoms with Crippen LogP contribution < -0.4 is 9.83 Å². The fourth-order valence-corrected chi connectivity index (χ4v) is 4.29. The van der Waals surface area contributed by atoms with Gasteiger partial charge in [-0.2, -0.15) is 0 Å². The van der Waals surface area contributed by atoms with Gasteiger partial charge in [0.25, 0.3) is 10.0 Å². The number of hydrogen-bond donors (Lipinski definition) is 1. The first kappa shape index (κ1) is 18.1. The van der Waals surface area contributed by atoms with E-state index in [9.17, 15) is 18.3 Å². The van der Waals surface area contributed by atoms with Crippen molar-refractivity contribution in [2.45, 2.75) is 17.7 Å². The number of aliphatic carboxylic acids is 1.